The molecule has 2 N–H and O–H groups in total. The van der Waals surface area contributed by atoms with E-state index in [2.05, 4.69) is 30.3 Å². The van der Waals surface area contributed by atoms with Crippen LogP contribution in [0.5, 0.6) is 0 Å². The highest BCUT2D eigenvalue weighted by molar-refractivity contribution is 5.81. The Morgan fingerprint density at radius 3 is 2.85 bits per heavy atom. The first-order chi connectivity index (χ1) is 13.1. The molecule has 1 aliphatic heterocycles. The Bertz CT molecular complexity index is 753. The van der Waals surface area contributed by atoms with Gasteiger partial charge in [-0.25, -0.2) is 4.99 Å². The van der Waals surface area contributed by atoms with Crippen molar-refractivity contribution in [3.8, 4) is 0 Å². The van der Waals surface area contributed by atoms with Gasteiger partial charge in [-0.05, 0) is 61.3 Å². The van der Waals surface area contributed by atoms with Crippen LogP contribution in [0.25, 0.3) is 0 Å². The van der Waals surface area contributed by atoms with Gasteiger partial charge in [-0.15, -0.1) is 0 Å². The van der Waals surface area contributed by atoms with Gasteiger partial charge in [0.05, 0.1) is 12.3 Å². The van der Waals surface area contributed by atoms with Crippen LogP contribution in [0, 0.1) is 5.41 Å². The molecule has 0 amide bonds. The van der Waals surface area contributed by atoms with Crippen molar-refractivity contribution in [1.29, 1.82) is 0 Å². The second-order valence-corrected chi connectivity index (χ2v) is 7.98. The van der Waals surface area contributed by atoms with Crippen molar-refractivity contribution in [2.75, 3.05) is 20.3 Å². The third kappa shape index (κ3) is 3.00. The van der Waals surface area contributed by atoms with E-state index in [-0.39, 0.29) is 11.0 Å². The fraction of sp³-hybridized carbons (Fsp3) is 0.619. The van der Waals surface area contributed by atoms with Gasteiger partial charge in [0.1, 0.15) is 18.8 Å². The summed E-state index contributed by atoms with van der Waals surface area (Å²) in [7, 11) is 1.81. The normalized spacial score (nSPS) is 32.1. The zero-order valence-electron chi connectivity index (χ0n) is 16.2. The van der Waals surface area contributed by atoms with E-state index in [1.165, 1.54) is 11.1 Å². The number of benzene rings is 1. The van der Waals surface area contributed by atoms with Crippen molar-refractivity contribution in [3.63, 3.8) is 0 Å². The van der Waals surface area contributed by atoms with Gasteiger partial charge < -0.3 is 20.0 Å². The molecular weight excluding hydrogens is 342 g/mol. The highest BCUT2D eigenvalue weighted by atomic mass is 16.6. The lowest BCUT2D eigenvalue weighted by atomic mass is 9.62. The van der Waals surface area contributed by atoms with E-state index in [9.17, 15) is 0 Å². The van der Waals surface area contributed by atoms with Gasteiger partial charge in [-0.1, -0.05) is 24.2 Å². The summed E-state index contributed by atoms with van der Waals surface area (Å²) in [6.45, 7) is 3.22. The summed E-state index contributed by atoms with van der Waals surface area (Å²) in [5.74, 6) is 0. The van der Waals surface area contributed by atoms with Crippen molar-refractivity contribution in [1.82, 2.24) is 0 Å². The van der Waals surface area contributed by atoms with Gasteiger partial charge in [0, 0.05) is 12.5 Å². The highest BCUT2D eigenvalue weighted by Crippen LogP contribution is 2.61. The van der Waals surface area contributed by atoms with E-state index >= 15 is 0 Å². The van der Waals surface area contributed by atoms with Crippen LogP contribution in [0.4, 0.5) is 0 Å². The SMILES string of the molecule is CCCO/N=C/c1ccc2c(c1)C1(COC(N)=N1)[C@]1(CC[C@H](OC)CC1)C2. The van der Waals surface area contributed by atoms with Crippen LogP contribution >= 0.6 is 0 Å². The first-order valence-corrected chi connectivity index (χ1v) is 9.92. The second kappa shape index (κ2) is 7.15. The molecule has 27 heavy (non-hydrogen) atoms. The molecule has 1 aromatic rings. The van der Waals surface area contributed by atoms with E-state index in [0.717, 1.165) is 44.1 Å². The van der Waals surface area contributed by atoms with Crippen LogP contribution < -0.4 is 5.73 Å². The molecule has 2 aliphatic carbocycles. The summed E-state index contributed by atoms with van der Waals surface area (Å²) >= 11 is 0. The number of ether oxygens (including phenoxy) is 2. The largest absolute Gasteiger partial charge is 0.462 e. The van der Waals surface area contributed by atoms with Gasteiger partial charge in [0.2, 0.25) is 0 Å². The Morgan fingerprint density at radius 1 is 1.37 bits per heavy atom. The number of fused-ring (bicyclic) bond motifs is 3. The molecule has 2 spiro atoms. The van der Waals surface area contributed by atoms with Crippen LogP contribution in [0.2, 0.25) is 0 Å². The standard InChI is InChI=1S/C21H29N3O3/c1-3-10-27-23-13-15-4-5-16-12-20(8-6-17(25-2)7-9-20)21(18(16)11-15)14-26-19(22)24-21/h4-5,11,13,17H,3,6-10,12,14H2,1-2H3,(H2,22,24)/b23-13+/t17-,20-,21?. The highest BCUT2D eigenvalue weighted by Gasteiger charge is 2.61. The molecule has 3 aliphatic rings. The minimum absolute atomic E-state index is 0.0555. The number of hydrogen-bond acceptors (Lipinski definition) is 6. The van der Waals surface area contributed by atoms with Crippen LogP contribution in [0.1, 0.15) is 55.7 Å². The molecule has 4 rings (SSSR count). The van der Waals surface area contributed by atoms with Crippen LogP contribution in [0.3, 0.4) is 0 Å². The second-order valence-electron chi connectivity index (χ2n) is 7.98. The first kappa shape index (κ1) is 18.3. The third-order valence-corrected chi connectivity index (χ3v) is 6.51. The monoisotopic (exact) mass is 371 g/mol. The number of nitrogens with two attached hydrogens (primary N) is 1. The predicted molar refractivity (Wildman–Crippen MR) is 105 cm³/mol. The number of methoxy groups -OCH3 is 1. The summed E-state index contributed by atoms with van der Waals surface area (Å²) in [5, 5.41) is 4.08. The van der Waals surface area contributed by atoms with Gasteiger partial charge in [0.15, 0.2) is 0 Å². The van der Waals surface area contributed by atoms with Crippen LogP contribution in [0.15, 0.2) is 28.3 Å². The predicted octanol–water partition coefficient (Wildman–Crippen LogP) is 3.12. The van der Waals surface area contributed by atoms with Gasteiger partial charge in [0.25, 0.3) is 6.02 Å². The molecule has 0 saturated heterocycles. The Labute approximate surface area is 160 Å². The number of hydrogen-bond donors (Lipinski definition) is 1. The minimum atomic E-state index is -0.390. The number of nitrogens with zero attached hydrogens (tertiary/aromatic N) is 2. The van der Waals surface area contributed by atoms with Crippen molar-refractivity contribution in [3.05, 3.63) is 34.9 Å². The summed E-state index contributed by atoms with van der Waals surface area (Å²) in [5.41, 5.74) is 9.27. The quantitative estimate of drug-likeness (QED) is 0.490. The lowest BCUT2D eigenvalue weighted by Crippen LogP contribution is -2.46. The van der Waals surface area contributed by atoms with Gasteiger partial charge in [-0.2, -0.15) is 0 Å². The van der Waals surface area contributed by atoms with Crippen molar-refractivity contribution in [2.45, 2.75) is 57.1 Å². The van der Waals surface area contributed by atoms with Crippen LogP contribution in [-0.4, -0.2) is 38.7 Å². The van der Waals surface area contributed by atoms with Gasteiger partial charge >= 0.3 is 0 Å². The smallest absolute Gasteiger partial charge is 0.283 e. The Hall–Kier alpha value is -2.08. The number of aliphatic imine (C=N–C) groups is 1. The molecule has 146 valence electrons. The number of rotatable bonds is 5. The van der Waals surface area contributed by atoms with Crippen molar-refractivity contribution in [2.24, 2.45) is 21.3 Å². The Kier molecular flexibility index (Phi) is 4.84. The minimum Gasteiger partial charge on any atom is -0.462 e. The third-order valence-electron chi connectivity index (χ3n) is 6.51. The fourth-order valence-electron chi connectivity index (χ4n) is 5.06. The average Bonchev–Trinajstić information content (AvgIpc) is 3.20. The molecule has 1 saturated carbocycles. The lowest BCUT2D eigenvalue weighted by molar-refractivity contribution is -0.00984. The topological polar surface area (TPSA) is 78.4 Å². The van der Waals surface area contributed by atoms with Crippen LogP contribution in [-0.2, 0) is 26.3 Å². The molecular formula is C21H29N3O3. The first-order valence-electron chi connectivity index (χ1n) is 9.92. The van der Waals surface area contributed by atoms with Crippen molar-refractivity contribution < 1.29 is 14.3 Å². The Balaban J connectivity index is 1.68. The molecule has 0 aromatic heterocycles. The maximum absolute atomic E-state index is 6.00. The summed E-state index contributed by atoms with van der Waals surface area (Å²) in [6, 6.07) is 6.81. The molecule has 0 bridgehead atoms. The van der Waals surface area contributed by atoms with Crippen molar-refractivity contribution >= 4 is 12.2 Å². The summed E-state index contributed by atoms with van der Waals surface area (Å²) in [4.78, 5) is 10.2. The maximum Gasteiger partial charge on any atom is 0.283 e. The van der Waals surface area contributed by atoms with E-state index < -0.39 is 0 Å². The molecule has 1 atom stereocenters. The Morgan fingerprint density at radius 2 is 2.19 bits per heavy atom. The summed E-state index contributed by atoms with van der Waals surface area (Å²) < 4.78 is 11.3. The van der Waals surface area contributed by atoms with Gasteiger partial charge in [-0.3, -0.25) is 0 Å². The molecule has 6 heteroatoms. The van der Waals surface area contributed by atoms with E-state index in [4.69, 9.17) is 25.0 Å². The van der Waals surface area contributed by atoms with E-state index in [1.54, 1.807) is 6.21 Å². The molecule has 1 heterocycles. The molecule has 1 unspecified atom stereocenters. The lowest BCUT2D eigenvalue weighted by Gasteiger charge is -2.45. The fourth-order valence-corrected chi connectivity index (χ4v) is 5.06. The summed E-state index contributed by atoms with van der Waals surface area (Å²) in [6.07, 6.45) is 8.34. The van der Waals surface area contributed by atoms with E-state index in [0.29, 0.717) is 25.3 Å². The molecule has 6 nitrogen and oxygen atoms in total. The average molecular weight is 371 g/mol. The molecule has 1 fully saturated rings. The molecule has 0 radical (unpaired) electrons. The number of amidine groups is 1. The number of oxime groups is 1. The molecule has 1 aromatic carbocycles. The zero-order chi connectivity index (χ0) is 18.9. The van der Waals surface area contributed by atoms with E-state index in [1.807, 2.05) is 7.11 Å². The maximum atomic E-state index is 6.00. The zero-order valence-corrected chi connectivity index (χ0v) is 16.2.